The molecule has 0 bridgehead atoms. The quantitative estimate of drug-likeness (QED) is 0.363. The molecule has 98 valence electrons. The highest BCUT2D eigenvalue weighted by Gasteiger charge is 2.16. The van der Waals surface area contributed by atoms with Crippen molar-refractivity contribution in [3.05, 3.63) is 34.9 Å². The summed E-state index contributed by atoms with van der Waals surface area (Å²) in [6.45, 7) is 0. The van der Waals surface area contributed by atoms with Gasteiger partial charge in [0.1, 0.15) is 0 Å². The summed E-state index contributed by atoms with van der Waals surface area (Å²) in [5, 5.41) is 11.6. The number of nitrogens with one attached hydrogen (secondary N) is 2. The minimum atomic E-state index is -1.18. The molecule has 1 rings (SSSR count). The fraction of sp³-hybridized carbons (Fsp3) is 0.273. The molecule has 5 N–H and O–H groups in total. The lowest BCUT2D eigenvalue weighted by atomic mass is 10.0. The van der Waals surface area contributed by atoms with Gasteiger partial charge in [-0.3, -0.25) is 10.2 Å². The second-order valence-corrected chi connectivity index (χ2v) is 4.19. The fourth-order valence-electron chi connectivity index (χ4n) is 1.54. The van der Waals surface area contributed by atoms with Gasteiger partial charge < -0.3 is 10.4 Å². The molecule has 0 spiro atoms. The maximum absolute atomic E-state index is 11.2. The number of carboxylic acid groups (broad SMARTS) is 1. The Hall–Kier alpha value is -1.79. The summed E-state index contributed by atoms with van der Waals surface area (Å²) in [5.74, 6) is 4.54. The van der Waals surface area contributed by atoms with Crippen LogP contribution in [-0.4, -0.2) is 23.1 Å². The van der Waals surface area contributed by atoms with Crippen LogP contribution in [0.2, 0.25) is 5.02 Å². The van der Waals surface area contributed by atoms with E-state index in [4.69, 9.17) is 22.6 Å². The average Bonchev–Trinajstić information content (AvgIpc) is 2.31. The summed E-state index contributed by atoms with van der Waals surface area (Å²) in [6.07, 6.45) is -0.818. The number of carbonyl (C=O) groups is 2. The zero-order chi connectivity index (χ0) is 13.5. The van der Waals surface area contributed by atoms with E-state index >= 15 is 0 Å². The molecule has 0 saturated heterocycles. The third-order valence-corrected chi connectivity index (χ3v) is 2.57. The number of hydrogen-bond acceptors (Lipinski definition) is 3. The van der Waals surface area contributed by atoms with Crippen LogP contribution >= 0.6 is 11.6 Å². The van der Waals surface area contributed by atoms with Crippen molar-refractivity contribution in [2.45, 2.75) is 18.9 Å². The summed E-state index contributed by atoms with van der Waals surface area (Å²) in [4.78, 5) is 21.8. The van der Waals surface area contributed by atoms with Crippen LogP contribution < -0.4 is 16.6 Å². The maximum atomic E-state index is 11.2. The third-order valence-electron chi connectivity index (χ3n) is 2.32. The molecule has 7 heteroatoms. The summed E-state index contributed by atoms with van der Waals surface area (Å²) in [6, 6.07) is 6.43. The molecule has 0 radical (unpaired) electrons. The molecule has 0 unspecified atom stereocenters. The first-order valence-electron chi connectivity index (χ1n) is 5.24. The predicted molar refractivity (Wildman–Crippen MR) is 67.1 cm³/mol. The summed E-state index contributed by atoms with van der Waals surface area (Å²) in [7, 11) is 0. The van der Waals surface area contributed by atoms with Gasteiger partial charge in [0.2, 0.25) is 5.91 Å². The summed E-state index contributed by atoms with van der Waals surface area (Å²) in [5.41, 5.74) is 2.85. The average molecular weight is 272 g/mol. The van der Waals surface area contributed by atoms with Gasteiger partial charge in [-0.25, -0.2) is 10.6 Å². The van der Waals surface area contributed by atoms with E-state index in [9.17, 15) is 9.59 Å². The van der Waals surface area contributed by atoms with Gasteiger partial charge in [0, 0.05) is 17.5 Å². The fourth-order valence-corrected chi connectivity index (χ4v) is 1.66. The standard InChI is InChI=1S/C11H14ClN3O3/c12-8-3-1-7(2-4-8)5-9(14-11(17)18)6-10(16)15-13/h1-4,9,14H,5-6,13H2,(H,15,16)(H,17,18)/t9-/m0/s1. The molecule has 1 atom stereocenters. The van der Waals surface area contributed by atoms with Crippen LogP contribution in [0.4, 0.5) is 4.79 Å². The SMILES string of the molecule is NNC(=O)C[C@H](Cc1ccc(Cl)cc1)NC(=O)O. The molecule has 0 aliphatic carbocycles. The van der Waals surface area contributed by atoms with Crippen molar-refractivity contribution in [3.8, 4) is 0 Å². The van der Waals surface area contributed by atoms with Crippen LogP contribution in [0.25, 0.3) is 0 Å². The van der Waals surface area contributed by atoms with Crippen molar-refractivity contribution in [1.82, 2.24) is 10.7 Å². The second-order valence-electron chi connectivity index (χ2n) is 3.75. The molecule has 0 saturated carbocycles. The van der Waals surface area contributed by atoms with E-state index in [1.165, 1.54) is 0 Å². The first-order chi connectivity index (χ1) is 8.51. The van der Waals surface area contributed by atoms with Gasteiger partial charge in [0.25, 0.3) is 0 Å². The number of benzene rings is 1. The van der Waals surface area contributed by atoms with Gasteiger partial charge in [-0.15, -0.1) is 0 Å². The predicted octanol–water partition coefficient (Wildman–Crippen LogP) is 0.899. The molecular weight excluding hydrogens is 258 g/mol. The number of nitrogens with two attached hydrogens (primary N) is 1. The minimum absolute atomic E-state index is 0.0224. The van der Waals surface area contributed by atoms with Crippen LogP contribution in [0.15, 0.2) is 24.3 Å². The Morgan fingerprint density at radius 1 is 1.33 bits per heavy atom. The van der Waals surface area contributed by atoms with Crippen LogP contribution in [0.1, 0.15) is 12.0 Å². The molecule has 0 aliphatic rings. The van der Waals surface area contributed by atoms with E-state index in [0.29, 0.717) is 11.4 Å². The maximum Gasteiger partial charge on any atom is 0.404 e. The smallest absolute Gasteiger partial charge is 0.404 e. The lowest BCUT2D eigenvalue weighted by Crippen LogP contribution is -2.41. The van der Waals surface area contributed by atoms with Crippen LogP contribution in [0.5, 0.6) is 0 Å². The van der Waals surface area contributed by atoms with E-state index < -0.39 is 18.0 Å². The molecule has 1 aromatic rings. The number of amides is 2. The molecule has 0 aromatic heterocycles. The van der Waals surface area contributed by atoms with Crippen molar-refractivity contribution in [3.63, 3.8) is 0 Å². The highest BCUT2D eigenvalue weighted by molar-refractivity contribution is 6.30. The first kappa shape index (κ1) is 14.3. The Kier molecular flexibility index (Phi) is 5.41. The molecule has 2 amide bonds. The van der Waals surface area contributed by atoms with Gasteiger partial charge in [-0.05, 0) is 24.1 Å². The Labute approximate surface area is 109 Å². The van der Waals surface area contributed by atoms with Crippen LogP contribution in [-0.2, 0) is 11.2 Å². The third kappa shape index (κ3) is 5.03. The first-order valence-corrected chi connectivity index (χ1v) is 5.62. The van der Waals surface area contributed by atoms with Crippen molar-refractivity contribution in [2.75, 3.05) is 0 Å². The Morgan fingerprint density at radius 3 is 2.44 bits per heavy atom. The largest absolute Gasteiger partial charge is 0.465 e. The Bertz CT molecular complexity index is 422. The van der Waals surface area contributed by atoms with Gasteiger partial charge in [-0.2, -0.15) is 0 Å². The van der Waals surface area contributed by atoms with Crippen LogP contribution in [0.3, 0.4) is 0 Å². The van der Waals surface area contributed by atoms with Gasteiger partial charge in [0.15, 0.2) is 0 Å². The molecule has 6 nitrogen and oxygen atoms in total. The van der Waals surface area contributed by atoms with E-state index in [2.05, 4.69) is 5.32 Å². The summed E-state index contributed by atoms with van der Waals surface area (Å²) < 4.78 is 0. The number of halogens is 1. The summed E-state index contributed by atoms with van der Waals surface area (Å²) >= 11 is 5.75. The molecular formula is C11H14ClN3O3. The van der Waals surface area contributed by atoms with Crippen molar-refractivity contribution in [2.24, 2.45) is 5.84 Å². The van der Waals surface area contributed by atoms with Gasteiger partial charge >= 0.3 is 6.09 Å². The number of hydrogen-bond donors (Lipinski definition) is 4. The Morgan fingerprint density at radius 2 is 1.94 bits per heavy atom. The minimum Gasteiger partial charge on any atom is -0.465 e. The molecule has 0 fully saturated rings. The highest BCUT2D eigenvalue weighted by Crippen LogP contribution is 2.12. The van der Waals surface area contributed by atoms with Crippen LogP contribution in [0, 0.1) is 0 Å². The molecule has 0 aliphatic heterocycles. The zero-order valence-electron chi connectivity index (χ0n) is 9.52. The lowest BCUT2D eigenvalue weighted by Gasteiger charge is -2.16. The highest BCUT2D eigenvalue weighted by atomic mass is 35.5. The molecule has 0 heterocycles. The van der Waals surface area contributed by atoms with E-state index in [1.807, 2.05) is 5.43 Å². The molecule has 18 heavy (non-hydrogen) atoms. The second kappa shape index (κ2) is 6.83. The van der Waals surface area contributed by atoms with E-state index in [-0.39, 0.29) is 6.42 Å². The number of carbonyl (C=O) groups excluding carboxylic acids is 1. The Balaban J connectivity index is 2.67. The normalized spacial score (nSPS) is 11.7. The molecule has 1 aromatic carbocycles. The van der Waals surface area contributed by atoms with E-state index in [1.54, 1.807) is 24.3 Å². The topological polar surface area (TPSA) is 104 Å². The zero-order valence-corrected chi connectivity index (χ0v) is 10.3. The number of hydrazine groups is 1. The van der Waals surface area contributed by atoms with Crippen molar-refractivity contribution < 1.29 is 14.7 Å². The van der Waals surface area contributed by atoms with Gasteiger partial charge in [-0.1, -0.05) is 23.7 Å². The van der Waals surface area contributed by atoms with Gasteiger partial charge in [0.05, 0.1) is 0 Å². The van der Waals surface area contributed by atoms with E-state index in [0.717, 1.165) is 5.56 Å². The lowest BCUT2D eigenvalue weighted by molar-refractivity contribution is -0.121. The monoisotopic (exact) mass is 271 g/mol. The van der Waals surface area contributed by atoms with Crippen molar-refractivity contribution in [1.29, 1.82) is 0 Å². The van der Waals surface area contributed by atoms with Crippen molar-refractivity contribution >= 4 is 23.6 Å². The number of rotatable bonds is 5.